The Morgan fingerprint density at radius 3 is 1.12 bits per heavy atom. The first kappa shape index (κ1) is 49.4. The summed E-state index contributed by atoms with van der Waals surface area (Å²) >= 11 is 0. The monoisotopic (exact) mass is 735 g/mol. The highest BCUT2D eigenvalue weighted by Gasteiger charge is 2.16. The van der Waals surface area contributed by atoms with Gasteiger partial charge in [-0.2, -0.15) is 0 Å². The number of carbonyl (C=O) groups excluding carboxylic acids is 4. The standard InChI is InChI=1S/C44H78O8/c1-5-7-9-23-31-39(33-25-19-15-11-13-17-21-27-35-41(45)49-3)51-43(47)37-29-30-38-44(48)52-40(32-24-10-8-6-2)34-26-20-16-12-14-18-22-28-36-42(46)50-4/h19-20,25-26,39-40H,5-18,21-24,27-38H2,1-4H3/b25-19+,26-20+. The van der Waals surface area contributed by atoms with E-state index in [1.54, 1.807) is 0 Å². The van der Waals surface area contributed by atoms with E-state index >= 15 is 0 Å². The lowest BCUT2D eigenvalue weighted by Crippen LogP contribution is -2.19. The first-order chi connectivity index (χ1) is 25.4. The molecule has 0 rings (SSSR count). The molecule has 0 aliphatic heterocycles. The minimum absolute atomic E-state index is 0.0940. The third-order valence-corrected chi connectivity index (χ3v) is 9.46. The Labute approximate surface area is 318 Å². The molecule has 0 spiro atoms. The second kappa shape index (κ2) is 38.1. The van der Waals surface area contributed by atoms with Gasteiger partial charge in [-0.1, -0.05) is 115 Å². The number of methoxy groups -OCH3 is 2. The molecule has 0 radical (unpaired) electrons. The number of unbranched alkanes of at least 4 members (excludes halogenated alkanes) is 17. The molecule has 0 heterocycles. The summed E-state index contributed by atoms with van der Waals surface area (Å²) in [5.41, 5.74) is 0. The number of esters is 4. The third kappa shape index (κ3) is 34.4. The molecule has 52 heavy (non-hydrogen) atoms. The lowest BCUT2D eigenvalue weighted by molar-refractivity contribution is -0.151. The summed E-state index contributed by atoms with van der Waals surface area (Å²) < 4.78 is 21.2. The lowest BCUT2D eigenvalue weighted by atomic mass is 10.1. The molecule has 0 N–H and O–H groups in total. The predicted octanol–water partition coefficient (Wildman–Crippen LogP) is 12.0. The van der Waals surface area contributed by atoms with Crippen LogP contribution >= 0.6 is 0 Å². The van der Waals surface area contributed by atoms with Gasteiger partial charge in [-0.15, -0.1) is 0 Å². The molecule has 0 aromatic carbocycles. The van der Waals surface area contributed by atoms with E-state index in [1.807, 2.05) is 0 Å². The molecule has 0 fully saturated rings. The molecule has 8 heteroatoms. The van der Waals surface area contributed by atoms with Gasteiger partial charge in [0.25, 0.3) is 0 Å². The minimum atomic E-state index is -0.172. The van der Waals surface area contributed by atoms with Crippen molar-refractivity contribution in [3.8, 4) is 0 Å². The van der Waals surface area contributed by atoms with Crippen LogP contribution in [0.2, 0.25) is 0 Å². The van der Waals surface area contributed by atoms with E-state index in [4.69, 9.17) is 9.47 Å². The summed E-state index contributed by atoms with van der Waals surface area (Å²) in [7, 11) is 2.87. The average molecular weight is 735 g/mol. The van der Waals surface area contributed by atoms with E-state index in [1.165, 1.54) is 39.9 Å². The number of hydrogen-bond donors (Lipinski definition) is 0. The van der Waals surface area contributed by atoms with Crippen LogP contribution in [0.4, 0.5) is 0 Å². The van der Waals surface area contributed by atoms with Crippen LogP contribution in [0.15, 0.2) is 24.3 Å². The predicted molar refractivity (Wildman–Crippen MR) is 212 cm³/mol. The molecule has 2 atom stereocenters. The van der Waals surface area contributed by atoms with E-state index in [9.17, 15) is 19.2 Å². The molecule has 302 valence electrons. The fraction of sp³-hybridized carbons (Fsp3) is 0.818. The molecule has 8 nitrogen and oxygen atoms in total. The van der Waals surface area contributed by atoms with Crippen LogP contribution in [-0.2, 0) is 38.1 Å². The van der Waals surface area contributed by atoms with E-state index in [-0.39, 0.29) is 36.1 Å². The first-order valence-electron chi connectivity index (χ1n) is 21.2. The van der Waals surface area contributed by atoms with Crippen LogP contribution in [0.1, 0.15) is 206 Å². The van der Waals surface area contributed by atoms with Crippen molar-refractivity contribution >= 4 is 23.9 Å². The van der Waals surface area contributed by atoms with Gasteiger partial charge < -0.3 is 18.9 Å². The quantitative estimate of drug-likeness (QED) is 0.0269. The van der Waals surface area contributed by atoms with Crippen LogP contribution < -0.4 is 0 Å². The van der Waals surface area contributed by atoms with Crippen molar-refractivity contribution in [2.75, 3.05) is 14.2 Å². The molecule has 0 aromatic rings. The highest BCUT2D eigenvalue weighted by Crippen LogP contribution is 2.17. The molecule has 2 unspecified atom stereocenters. The van der Waals surface area contributed by atoms with Crippen LogP contribution in [0.5, 0.6) is 0 Å². The van der Waals surface area contributed by atoms with Gasteiger partial charge in [-0.05, 0) is 77.0 Å². The van der Waals surface area contributed by atoms with E-state index in [0.717, 1.165) is 128 Å². The smallest absolute Gasteiger partial charge is 0.306 e. The SMILES string of the molecule is CCCCCCC(C/C=C/CCCCCCCC(=O)OC)OC(=O)CCCCC(=O)OC(C/C=C/CCCCCCCC(=O)OC)CCCCCC. The number of ether oxygens (including phenoxy) is 4. The Morgan fingerprint density at radius 2 is 0.731 bits per heavy atom. The van der Waals surface area contributed by atoms with E-state index in [0.29, 0.717) is 38.5 Å². The summed E-state index contributed by atoms with van der Waals surface area (Å²) in [5.74, 6) is -0.603. The maximum Gasteiger partial charge on any atom is 0.306 e. The number of hydrogen-bond acceptors (Lipinski definition) is 8. The zero-order chi connectivity index (χ0) is 38.3. The number of carbonyl (C=O) groups is 4. The maximum absolute atomic E-state index is 12.7. The van der Waals surface area contributed by atoms with Crippen LogP contribution in [-0.4, -0.2) is 50.3 Å². The van der Waals surface area contributed by atoms with E-state index in [2.05, 4.69) is 47.6 Å². The molecule has 0 aliphatic carbocycles. The summed E-state index contributed by atoms with van der Waals surface area (Å²) in [6.45, 7) is 4.40. The summed E-state index contributed by atoms with van der Waals surface area (Å²) in [5, 5.41) is 0. The Kier molecular flexibility index (Phi) is 36.2. The second-order valence-corrected chi connectivity index (χ2v) is 14.3. The fourth-order valence-corrected chi connectivity index (χ4v) is 6.14. The van der Waals surface area contributed by atoms with Gasteiger partial charge in [-0.3, -0.25) is 19.2 Å². The lowest BCUT2D eigenvalue weighted by Gasteiger charge is -2.17. The Balaban J connectivity index is 4.47. The first-order valence-corrected chi connectivity index (χ1v) is 21.2. The van der Waals surface area contributed by atoms with Crippen molar-refractivity contribution < 1.29 is 38.1 Å². The molecule has 0 amide bonds. The summed E-state index contributed by atoms with van der Waals surface area (Å²) in [4.78, 5) is 47.9. The van der Waals surface area contributed by atoms with Gasteiger partial charge in [0.2, 0.25) is 0 Å². The van der Waals surface area contributed by atoms with Crippen LogP contribution in [0.3, 0.4) is 0 Å². The Bertz CT molecular complexity index is 853. The largest absolute Gasteiger partial charge is 0.469 e. The maximum atomic E-state index is 12.7. The van der Waals surface area contributed by atoms with Gasteiger partial charge in [0.05, 0.1) is 14.2 Å². The number of allylic oxidation sites excluding steroid dienone is 2. The minimum Gasteiger partial charge on any atom is -0.469 e. The van der Waals surface area contributed by atoms with Gasteiger partial charge in [-0.25, -0.2) is 0 Å². The van der Waals surface area contributed by atoms with Crippen molar-refractivity contribution in [3.63, 3.8) is 0 Å². The highest BCUT2D eigenvalue weighted by molar-refractivity contribution is 5.71. The average Bonchev–Trinajstić information content (AvgIpc) is 3.14. The Morgan fingerprint density at radius 1 is 0.404 bits per heavy atom. The zero-order valence-corrected chi connectivity index (χ0v) is 33.9. The van der Waals surface area contributed by atoms with Gasteiger partial charge in [0, 0.05) is 38.5 Å². The molecule has 0 saturated carbocycles. The van der Waals surface area contributed by atoms with Crippen molar-refractivity contribution in [2.24, 2.45) is 0 Å². The van der Waals surface area contributed by atoms with Crippen molar-refractivity contribution in [3.05, 3.63) is 24.3 Å². The highest BCUT2D eigenvalue weighted by atomic mass is 16.5. The Hall–Kier alpha value is -2.64. The van der Waals surface area contributed by atoms with E-state index < -0.39 is 0 Å². The second-order valence-electron chi connectivity index (χ2n) is 14.3. The molecular formula is C44H78O8. The van der Waals surface area contributed by atoms with Crippen molar-refractivity contribution in [2.45, 2.75) is 219 Å². The van der Waals surface area contributed by atoms with Gasteiger partial charge >= 0.3 is 23.9 Å². The van der Waals surface area contributed by atoms with Gasteiger partial charge in [0.1, 0.15) is 12.2 Å². The molecule has 0 bridgehead atoms. The fourth-order valence-electron chi connectivity index (χ4n) is 6.14. The normalized spacial score (nSPS) is 12.6. The van der Waals surface area contributed by atoms with Gasteiger partial charge in [0.15, 0.2) is 0 Å². The molecule has 0 saturated heterocycles. The topological polar surface area (TPSA) is 105 Å². The third-order valence-electron chi connectivity index (χ3n) is 9.46. The summed E-state index contributed by atoms with van der Waals surface area (Å²) in [6.07, 6.45) is 36.6. The summed E-state index contributed by atoms with van der Waals surface area (Å²) in [6, 6.07) is 0. The van der Waals surface area contributed by atoms with Crippen LogP contribution in [0.25, 0.3) is 0 Å². The van der Waals surface area contributed by atoms with Crippen LogP contribution in [0, 0.1) is 0 Å². The van der Waals surface area contributed by atoms with Crippen molar-refractivity contribution in [1.29, 1.82) is 0 Å². The number of rotatable bonds is 37. The molecule has 0 aromatic heterocycles. The molecule has 0 aliphatic rings. The van der Waals surface area contributed by atoms with Crippen molar-refractivity contribution in [1.82, 2.24) is 0 Å². The molecular weight excluding hydrogens is 656 g/mol. The zero-order valence-electron chi connectivity index (χ0n) is 33.9.